The lowest BCUT2D eigenvalue weighted by Gasteiger charge is -2.34. The van der Waals surface area contributed by atoms with Crippen LogP contribution in [-0.4, -0.2) is 37.0 Å². The van der Waals surface area contributed by atoms with Crippen molar-refractivity contribution in [2.75, 3.05) is 26.2 Å². The van der Waals surface area contributed by atoms with Crippen molar-refractivity contribution in [2.45, 2.75) is 33.1 Å². The molecule has 1 N–H and O–H groups in total. The van der Waals surface area contributed by atoms with Crippen LogP contribution in [-0.2, 0) is 11.2 Å². The Morgan fingerprint density at radius 1 is 1.23 bits per heavy atom. The van der Waals surface area contributed by atoms with Gasteiger partial charge >= 0.3 is 0 Å². The summed E-state index contributed by atoms with van der Waals surface area (Å²) in [5.74, 6) is 1.68. The van der Waals surface area contributed by atoms with Gasteiger partial charge in [0.2, 0.25) is 5.91 Å². The van der Waals surface area contributed by atoms with E-state index in [2.05, 4.69) is 24.1 Å². The largest absolute Gasteiger partial charge is 0.356 e. The van der Waals surface area contributed by atoms with Crippen LogP contribution in [0.1, 0.15) is 32.3 Å². The summed E-state index contributed by atoms with van der Waals surface area (Å²) in [5, 5.41) is 3.71. The zero-order valence-corrected chi connectivity index (χ0v) is 14.4. The number of carbonyl (C=O) groups excluding carboxylic acids is 1. The van der Waals surface area contributed by atoms with Crippen molar-refractivity contribution in [2.24, 2.45) is 11.8 Å². The number of likely N-dealkylation sites (tertiary alicyclic amines) is 1. The van der Waals surface area contributed by atoms with E-state index in [0.717, 1.165) is 36.9 Å². The fraction of sp³-hybridized carbons (Fsp3) is 0.611. The molecule has 2 atom stereocenters. The van der Waals surface area contributed by atoms with Gasteiger partial charge in [-0.1, -0.05) is 37.6 Å². The Morgan fingerprint density at radius 2 is 1.86 bits per heavy atom. The molecule has 1 heterocycles. The van der Waals surface area contributed by atoms with Gasteiger partial charge in [-0.05, 0) is 48.9 Å². The normalized spacial score (nSPS) is 22.5. The van der Waals surface area contributed by atoms with Crippen molar-refractivity contribution < 1.29 is 4.79 Å². The smallest absolute Gasteiger partial charge is 0.224 e. The summed E-state index contributed by atoms with van der Waals surface area (Å²) in [6, 6.07) is 7.45. The molecule has 22 heavy (non-hydrogen) atoms. The molecule has 1 aliphatic rings. The number of amides is 1. The van der Waals surface area contributed by atoms with Crippen LogP contribution in [0, 0.1) is 11.8 Å². The molecule has 0 radical (unpaired) electrons. The quantitative estimate of drug-likeness (QED) is 0.814. The highest BCUT2D eigenvalue weighted by atomic mass is 35.5. The van der Waals surface area contributed by atoms with E-state index in [4.69, 9.17) is 11.6 Å². The van der Waals surface area contributed by atoms with E-state index >= 15 is 0 Å². The topological polar surface area (TPSA) is 32.3 Å². The molecule has 1 amide bonds. The Morgan fingerprint density at radius 3 is 2.50 bits per heavy atom. The monoisotopic (exact) mass is 322 g/mol. The van der Waals surface area contributed by atoms with Crippen molar-refractivity contribution in [1.82, 2.24) is 10.2 Å². The second-order valence-corrected chi connectivity index (χ2v) is 7.15. The van der Waals surface area contributed by atoms with Crippen LogP contribution in [0.2, 0.25) is 5.02 Å². The predicted molar refractivity (Wildman–Crippen MR) is 92.2 cm³/mol. The fourth-order valence-corrected chi connectivity index (χ4v) is 3.48. The number of benzene rings is 1. The van der Waals surface area contributed by atoms with E-state index in [1.807, 2.05) is 24.3 Å². The molecule has 1 aromatic rings. The zero-order chi connectivity index (χ0) is 15.9. The molecule has 3 nitrogen and oxygen atoms in total. The third kappa shape index (κ3) is 5.98. The first kappa shape index (κ1) is 17.3. The predicted octanol–water partition coefficient (Wildman–Crippen LogP) is 3.37. The van der Waals surface area contributed by atoms with E-state index in [9.17, 15) is 4.79 Å². The number of hydrogen-bond acceptors (Lipinski definition) is 2. The number of hydrogen-bond donors (Lipinski definition) is 1. The van der Waals surface area contributed by atoms with Crippen molar-refractivity contribution in [3.8, 4) is 0 Å². The van der Waals surface area contributed by atoms with Crippen molar-refractivity contribution in [1.29, 1.82) is 0 Å². The number of nitrogens with one attached hydrogen (secondary N) is 1. The lowest BCUT2D eigenvalue weighted by Crippen LogP contribution is -2.40. The molecular formula is C18H27ClN2O. The molecular weight excluding hydrogens is 296 g/mol. The van der Waals surface area contributed by atoms with Crippen LogP contribution in [0.3, 0.4) is 0 Å². The summed E-state index contributed by atoms with van der Waals surface area (Å²) in [5.41, 5.74) is 1.00. The summed E-state index contributed by atoms with van der Waals surface area (Å²) < 4.78 is 0. The highest BCUT2D eigenvalue weighted by molar-refractivity contribution is 6.30. The number of carbonyl (C=O) groups is 1. The van der Waals surface area contributed by atoms with Crippen molar-refractivity contribution in [3.63, 3.8) is 0 Å². The maximum Gasteiger partial charge on any atom is 0.224 e. The van der Waals surface area contributed by atoms with Crippen molar-refractivity contribution >= 4 is 17.5 Å². The highest BCUT2D eigenvalue weighted by Gasteiger charge is 2.20. The van der Waals surface area contributed by atoms with Gasteiger partial charge in [0.05, 0.1) is 6.42 Å². The number of halogens is 1. The minimum atomic E-state index is 0.0858. The van der Waals surface area contributed by atoms with Gasteiger partial charge in [-0.15, -0.1) is 0 Å². The minimum absolute atomic E-state index is 0.0858. The van der Waals surface area contributed by atoms with Crippen LogP contribution in [0.15, 0.2) is 24.3 Å². The van der Waals surface area contributed by atoms with Crippen LogP contribution < -0.4 is 5.32 Å². The molecule has 1 fully saturated rings. The van der Waals surface area contributed by atoms with E-state index in [0.29, 0.717) is 11.4 Å². The molecule has 0 spiro atoms. The van der Waals surface area contributed by atoms with Crippen LogP contribution in [0.4, 0.5) is 0 Å². The minimum Gasteiger partial charge on any atom is -0.356 e. The Kier molecular flexibility index (Phi) is 6.71. The lowest BCUT2D eigenvalue weighted by molar-refractivity contribution is -0.120. The first-order chi connectivity index (χ1) is 10.5. The van der Waals surface area contributed by atoms with E-state index in [1.54, 1.807) is 0 Å². The van der Waals surface area contributed by atoms with Gasteiger partial charge in [0.1, 0.15) is 0 Å². The average Bonchev–Trinajstić information content (AvgIpc) is 2.45. The SMILES string of the molecule is CC1CC(C)CN(CCCNC(=O)Cc2ccc(Cl)cc2)C1. The Labute approximate surface area is 139 Å². The maximum absolute atomic E-state index is 11.9. The molecule has 1 aromatic carbocycles. The molecule has 4 heteroatoms. The Balaban J connectivity index is 1.62. The van der Waals surface area contributed by atoms with Gasteiger partial charge in [-0.25, -0.2) is 0 Å². The molecule has 0 bridgehead atoms. The third-order valence-electron chi connectivity index (χ3n) is 4.20. The number of nitrogens with zero attached hydrogens (tertiary/aromatic N) is 1. The first-order valence-electron chi connectivity index (χ1n) is 8.26. The molecule has 2 rings (SSSR count). The third-order valence-corrected chi connectivity index (χ3v) is 4.45. The Hall–Kier alpha value is -1.06. The summed E-state index contributed by atoms with van der Waals surface area (Å²) in [6.45, 7) is 8.89. The van der Waals surface area contributed by atoms with Crippen LogP contribution in [0.25, 0.3) is 0 Å². The van der Waals surface area contributed by atoms with Gasteiger partial charge < -0.3 is 10.2 Å². The van der Waals surface area contributed by atoms with Gasteiger partial charge in [0.25, 0.3) is 0 Å². The molecule has 0 aromatic heterocycles. The molecule has 2 unspecified atom stereocenters. The first-order valence-corrected chi connectivity index (χ1v) is 8.64. The van der Waals surface area contributed by atoms with Crippen LogP contribution in [0.5, 0.6) is 0 Å². The fourth-order valence-electron chi connectivity index (χ4n) is 3.36. The van der Waals surface area contributed by atoms with Gasteiger partial charge in [0.15, 0.2) is 0 Å². The second kappa shape index (κ2) is 8.54. The molecule has 1 saturated heterocycles. The lowest BCUT2D eigenvalue weighted by atomic mass is 9.92. The molecule has 122 valence electrons. The van der Waals surface area contributed by atoms with Gasteiger partial charge in [-0.3, -0.25) is 4.79 Å². The summed E-state index contributed by atoms with van der Waals surface area (Å²) >= 11 is 5.84. The average molecular weight is 323 g/mol. The standard InChI is InChI=1S/C18H27ClN2O/c1-14-10-15(2)13-21(12-14)9-3-8-20-18(22)11-16-4-6-17(19)7-5-16/h4-7,14-15H,3,8-13H2,1-2H3,(H,20,22). The maximum atomic E-state index is 11.9. The second-order valence-electron chi connectivity index (χ2n) is 6.71. The van der Waals surface area contributed by atoms with Crippen molar-refractivity contribution in [3.05, 3.63) is 34.9 Å². The highest BCUT2D eigenvalue weighted by Crippen LogP contribution is 2.20. The number of piperidine rings is 1. The van der Waals surface area contributed by atoms with E-state index in [1.165, 1.54) is 19.5 Å². The number of rotatable bonds is 6. The summed E-state index contributed by atoms with van der Waals surface area (Å²) in [6.07, 6.45) is 2.79. The molecule has 0 aliphatic carbocycles. The zero-order valence-electron chi connectivity index (χ0n) is 13.6. The summed E-state index contributed by atoms with van der Waals surface area (Å²) in [4.78, 5) is 14.4. The van der Waals surface area contributed by atoms with Crippen LogP contribution >= 0.6 is 11.6 Å². The van der Waals surface area contributed by atoms with E-state index in [-0.39, 0.29) is 5.91 Å². The van der Waals surface area contributed by atoms with Gasteiger partial charge in [-0.2, -0.15) is 0 Å². The molecule has 1 aliphatic heterocycles. The Bertz CT molecular complexity index is 464. The van der Waals surface area contributed by atoms with E-state index < -0.39 is 0 Å². The summed E-state index contributed by atoms with van der Waals surface area (Å²) in [7, 11) is 0. The van der Waals surface area contributed by atoms with Gasteiger partial charge in [0, 0.05) is 24.7 Å². The molecule has 0 saturated carbocycles.